The van der Waals surface area contributed by atoms with Gasteiger partial charge >= 0.3 is 0 Å². The zero-order valence-electron chi connectivity index (χ0n) is 38.9. The third-order valence-corrected chi connectivity index (χ3v) is 15.3. The lowest BCUT2D eigenvalue weighted by molar-refractivity contribution is -0.144. The second-order valence-corrected chi connectivity index (χ2v) is 21.6. The molecule has 2 aliphatic rings. The number of hydrogen-bond acceptors (Lipinski definition) is 13. The largest absolute Gasteiger partial charge is 0.391 e. The molecule has 19 heteroatoms. The van der Waals surface area contributed by atoms with Crippen LogP contribution in [0.5, 0.6) is 0 Å². The topological polar surface area (TPSA) is 193 Å². The highest BCUT2D eigenvalue weighted by atomic mass is 35.5. The molecule has 2 aromatic carbocycles. The normalized spacial score (nSPS) is 17.3. The van der Waals surface area contributed by atoms with E-state index >= 15 is 0 Å². The average Bonchev–Trinajstić information content (AvgIpc) is 4.06. The fraction of sp³-hybridized carbons (Fsp3) is 0.458. The number of β-amino-alcohol motifs (C(OH)–C–C–N with tert-alkyl or cyclic N) is 1. The van der Waals surface area contributed by atoms with Gasteiger partial charge in [-0.25, -0.2) is 4.98 Å². The fourth-order valence-electron chi connectivity index (χ4n) is 8.16. The molecular weight excluding hydrogens is 930 g/mol. The van der Waals surface area contributed by atoms with Crippen molar-refractivity contribution >= 4 is 75.4 Å². The van der Waals surface area contributed by atoms with E-state index in [0.717, 1.165) is 60.7 Å². The van der Waals surface area contributed by atoms with Crippen LogP contribution in [0.1, 0.15) is 90.5 Å². The van der Waals surface area contributed by atoms with E-state index in [1.165, 1.54) is 9.78 Å². The molecule has 1 fully saturated rings. The van der Waals surface area contributed by atoms with Gasteiger partial charge in [0.15, 0.2) is 5.82 Å². The van der Waals surface area contributed by atoms with Crippen LogP contribution in [-0.4, -0.2) is 115 Å². The summed E-state index contributed by atoms with van der Waals surface area (Å²) in [6, 6.07) is 13.1. The highest BCUT2D eigenvalue weighted by molar-refractivity contribution is 7.99. The summed E-state index contributed by atoms with van der Waals surface area (Å²) in [6.07, 6.45) is 0.00576. The van der Waals surface area contributed by atoms with Gasteiger partial charge in [0.2, 0.25) is 23.6 Å². The Balaban J connectivity index is 0.832. The van der Waals surface area contributed by atoms with Crippen LogP contribution in [-0.2, 0) is 30.5 Å². The van der Waals surface area contributed by atoms with Crippen LogP contribution in [0.2, 0.25) is 5.02 Å². The summed E-state index contributed by atoms with van der Waals surface area (Å²) in [5, 5.41) is 29.9. The van der Waals surface area contributed by atoms with Crippen LogP contribution in [0, 0.1) is 33.1 Å². The van der Waals surface area contributed by atoms with Crippen molar-refractivity contribution in [2.24, 2.45) is 10.4 Å². The van der Waals surface area contributed by atoms with Gasteiger partial charge < -0.3 is 30.7 Å². The number of nitrogens with one attached hydrogen (secondary N) is 3. The Morgan fingerprint density at radius 2 is 1.70 bits per heavy atom. The minimum absolute atomic E-state index is 0.0130. The number of thioether (sulfide) groups is 1. The molecule has 67 heavy (non-hydrogen) atoms. The molecule has 0 unspecified atom stereocenters. The van der Waals surface area contributed by atoms with E-state index in [1.54, 1.807) is 34.4 Å². The van der Waals surface area contributed by atoms with E-state index in [2.05, 4.69) is 45.0 Å². The Bertz CT molecular complexity index is 2600. The van der Waals surface area contributed by atoms with Crippen LogP contribution in [0.3, 0.4) is 0 Å². The van der Waals surface area contributed by atoms with Gasteiger partial charge in [-0.2, -0.15) is 11.8 Å². The number of ether oxygens (including phenoxy) is 1. The van der Waals surface area contributed by atoms with Crippen LogP contribution in [0.25, 0.3) is 15.4 Å². The summed E-state index contributed by atoms with van der Waals surface area (Å²) >= 11 is 11.1. The van der Waals surface area contributed by atoms with E-state index in [0.29, 0.717) is 36.2 Å². The van der Waals surface area contributed by atoms with Crippen molar-refractivity contribution in [3.05, 3.63) is 104 Å². The maximum absolute atomic E-state index is 14.0. The summed E-state index contributed by atoms with van der Waals surface area (Å²) in [6.45, 7) is 14.4. The van der Waals surface area contributed by atoms with Crippen molar-refractivity contribution in [3.63, 3.8) is 0 Å². The molecule has 15 nitrogen and oxygen atoms in total. The molecule has 0 saturated carbocycles. The number of fused-ring (bicyclic) bond motifs is 3. The molecule has 4 N–H and O–H groups in total. The number of aryl methyl sites for hydroxylation is 3. The minimum atomic E-state index is -0.956. The van der Waals surface area contributed by atoms with Crippen molar-refractivity contribution < 1.29 is 29.0 Å². The van der Waals surface area contributed by atoms with Gasteiger partial charge in [-0.3, -0.25) is 28.7 Å². The predicted molar refractivity (Wildman–Crippen MR) is 265 cm³/mol. The van der Waals surface area contributed by atoms with Crippen LogP contribution >= 0.6 is 46.0 Å². The number of nitrogens with zero attached hydrogens (tertiary/aromatic N) is 6. The molecule has 5 heterocycles. The number of thiazole rings is 1. The van der Waals surface area contributed by atoms with Gasteiger partial charge in [0.05, 0.1) is 34.3 Å². The number of aliphatic imine (C=N–C) groups is 1. The van der Waals surface area contributed by atoms with Gasteiger partial charge in [0.1, 0.15) is 35.6 Å². The zero-order valence-corrected chi connectivity index (χ0v) is 42.1. The van der Waals surface area contributed by atoms with E-state index in [4.69, 9.17) is 21.3 Å². The maximum Gasteiger partial charge on any atom is 0.246 e. The lowest BCUT2D eigenvalue weighted by atomic mass is 9.85. The lowest BCUT2D eigenvalue weighted by Gasteiger charge is -2.35. The second-order valence-electron chi connectivity index (χ2n) is 17.9. The first kappa shape index (κ1) is 49.9. The van der Waals surface area contributed by atoms with E-state index in [1.807, 2.05) is 93.2 Å². The quantitative estimate of drug-likeness (QED) is 0.0688. The number of aromatic nitrogens is 4. The molecule has 7 rings (SSSR count). The van der Waals surface area contributed by atoms with Crippen molar-refractivity contribution in [1.29, 1.82) is 0 Å². The third-order valence-electron chi connectivity index (χ3n) is 11.8. The van der Waals surface area contributed by atoms with Gasteiger partial charge in [-0.15, -0.1) is 32.9 Å². The first-order valence-corrected chi connectivity index (χ1v) is 25.6. The molecule has 0 radical (unpaired) electrons. The first-order valence-electron chi connectivity index (χ1n) is 22.3. The second kappa shape index (κ2) is 22.0. The van der Waals surface area contributed by atoms with Gasteiger partial charge in [0, 0.05) is 59.4 Å². The lowest BCUT2D eigenvalue weighted by Crippen LogP contribution is -2.58. The van der Waals surface area contributed by atoms with Gasteiger partial charge in [-0.1, -0.05) is 68.8 Å². The Labute approximate surface area is 408 Å². The smallest absolute Gasteiger partial charge is 0.246 e. The summed E-state index contributed by atoms with van der Waals surface area (Å²) in [5.74, 6) is 1.39. The molecule has 5 aromatic rings. The number of halogens is 1. The molecule has 4 amide bonds. The minimum Gasteiger partial charge on any atom is -0.391 e. The van der Waals surface area contributed by atoms with E-state index in [-0.39, 0.29) is 44.4 Å². The number of hydrogen-bond donors (Lipinski definition) is 4. The predicted octanol–water partition coefficient (Wildman–Crippen LogP) is 6.69. The first-order chi connectivity index (χ1) is 32.0. The van der Waals surface area contributed by atoms with Crippen molar-refractivity contribution in [2.45, 2.75) is 98.5 Å². The number of likely N-dealkylation sites (tertiary alicyclic amines) is 1. The molecule has 3 aromatic heterocycles. The van der Waals surface area contributed by atoms with Gasteiger partial charge in [0.25, 0.3) is 0 Å². The number of aliphatic hydroxyl groups is 1. The number of carbonyl (C=O) groups is 4. The molecular formula is C48H58ClN9O6S3. The fourth-order valence-corrected chi connectivity index (χ4v) is 11.1. The highest BCUT2D eigenvalue weighted by Gasteiger charge is 2.44. The molecule has 0 spiro atoms. The van der Waals surface area contributed by atoms with E-state index < -0.39 is 41.5 Å². The number of rotatable bonds is 18. The number of carbonyl (C=O) groups excluding carboxylic acids is 4. The molecule has 1 saturated heterocycles. The molecule has 0 aliphatic carbocycles. The SMILES string of the molecule is Cc1ncsc1-c1ccc(CNC(=O)[C@@H]2C[C@@H](O)CN2C(=O)[C@@H](NC(=O)COCCCSCCNC(=O)C[C@@H]2N=C(c3ccc(Cl)cc3)c3c(sc(C)c3C)-n3c(C)nnc32)C(C)(C)C)cc1. The van der Waals surface area contributed by atoms with Crippen molar-refractivity contribution in [2.75, 3.05) is 37.8 Å². The monoisotopic (exact) mass is 987 g/mol. The van der Waals surface area contributed by atoms with Crippen LogP contribution in [0.4, 0.5) is 0 Å². The van der Waals surface area contributed by atoms with Crippen molar-refractivity contribution in [1.82, 2.24) is 40.6 Å². The zero-order chi connectivity index (χ0) is 48.0. The molecule has 356 valence electrons. The molecule has 0 bridgehead atoms. The Morgan fingerprint density at radius 3 is 2.40 bits per heavy atom. The summed E-state index contributed by atoms with van der Waals surface area (Å²) in [4.78, 5) is 67.1. The highest BCUT2D eigenvalue weighted by Crippen LogP contribution is 2.40. The third kappa shape index (κ3) is 12.0. The number of amides is 4. The van der Waals surface area contributed by atoms with Crippen LogP contribution < -0.4 is 16.0 Å². The Hall–Kier alpha value is -4.98. The molecule has 4 atom stereocenters. The Morgan fingerprint density at radius 1 is 0.970 bits per heavy atom. The number of aliphatic hydroxyl groups excluding tert-OH is 1. The summed E-state index contributed by atoms with van der Waals surface area (Å²) in [7, 11) is 0. The average molecular weight is 989 g/mol. The van der Waals surface area contributed by atoms with Crippen molar-refractivity contribution in [3.8, 4) is 15.4 Å². The van der Waals surface area contributed by atoms with Gasteiger partial charge in [-0.05, 0) is 74.1 Å². The standard InChI is InChI=1S/C48H58ClN9O6S3/c1-27-29(3)67-47-40(27)41(32-13-15-34(49)16-14-32)53-36(44-56-55-30(4)58(44)47)22-38(60)50-17-20-65-19-8-18-64-25-39(61)54-43(48(5,6)7)46(63)57-24-35(59)21-37(57)45(62)51-23-31-9-11-33(12-10-31)42-28(2)52-26-66-42/h9-16,26,35-37,43,59H,8,17-25H2,1-7H3,(H,50,60)(H,51,62)(H,54,61)/t35-,36+,37+,43-/m1/s1. The Kier molecular flexibility index (Phi) is 16.4. The summed E-state index contributed by atoms with van der Waals surface area (Å²) in [5.41, 5.74) is 7.86. The van der Waals surface area contributed by atoms with E-state index in [9.17, 15) is 24.3 Å². The van der Waals surface area contributed by atoms with Crippen LogP contribution in [0.15, 0.2) is 59.0 Å². The maximum atomic E-state index is 14.0. The molecule has 2 aliphatic heterocycles. The summed E-state index contributed by atoms with van der Waals surface area (Å²) < 4.78 is 7.72. The number of benzene rings is 2. The number of thiophene rings is 1.